The first-order valence-electron chi connectivity index (χ1n) is 12.4. The van der Waals surface area contributed by atoms with Crippen molar-refractivity contribution in [3.05, 3.63) is 12.2 Å². The summed E-state index contributed by atoms with van der Waals surface area (Å²) in [6.07, 6.45) is 8.64. The van der Waals surface area contributed by atoms with E-state index < -0.39 is 35.7 Å². The fourth-order valence-electron chi connectivity index (χ4n) is 5.18. The zero-order valence-corrected chi connectivity index (χ0v) is 23.2. The molecule has 0 bridgehead atoms. The van der Waals surface area contributed by atoms with Crippen molar-refractivity contribution in [3.63, 3.8) is 0 Å². The Labute approximate surface area is 189 Å². The minimum absolute atomic E-state index is 0.264. The summed E-state index contributed by atoms with van der Waals surface area (Å²) in [4.78, 5) is 25.8. The molecule has 0 saturated heterocycles. The van der Waals surface area contributed by atoms with Gasteiger partial charge in [0.1, 0.15) is 0 Å². The molecule has 0 heterocycles. The Balaban J connectivity index is 3.17. The first kappa shape index (κ1) is 27.5. The second-order valence-corrected chi connectivity index (χ2v) is 23.3. The van der Waals surface area contributed by atoms with Crippen LogP contribution >= 0.6 is 0 Å². The van der Waals surface area contributed by atoms with E-state index >= 15 is 0 Å². The average Bonchev–Trinajstić information content (AvgIpc) is 3.06. The van der Waals surface area contributed by atoms with E-state index in [9.17, 15) is 9.59 Å². The minimum atomic E-state index is -2.41. The third kappa shape index (κ3) is 7.27. The Kier molecular flexibility index (Phi) is 12.7. The van der Waals surface area contributed by atoms with Crippen LogP contribution in [0.3, 0.4) is 0 Å². The molecule has 1 saturated carbocycles. The van der Waals surface area contributed by atoms with Crippen LogP contribution in [0.2, 0.25) is 17.7 Å². The van der Waals surface area contributed by atoms with Gasteiger partial charge in [0, 0.05) is 0 Å². The first-order chi connectivity index (χ1) is 14.3. The summed E-state index contributed by atoms with van der Waals surface area (Å²) in [6.45, 7) is 15.4. The molecular formula is C25H46O4Sn. The molecule has 1 aliphatic carbocycles. The predicted octanol–water partition coefficient (Wildman–Crippen LogP) is 6.91. The van der Waals surface area contributed by atoms with Crippen molar-refractivity contribution in [3.8, 4) is 0 Å². The Morgan fingerprint density at radius 2 is 1.33 bits per heavy atom. The quantitative estimate of drug-likeness (QED) is 0.100. The molecule has 4 nitrogen and oxygen atoms in total. The van der Waals surface area contributed by atoms with Crippen LogP contribution in [-0.4, -0.2) is 43.5 Å². The van der Waals surface area contributed by atoms with Gasteiger partial charge >= 0.3 is 190 Å². The maximum absolute atomic E-state index is 12.9. The monoisotopic (exact) mass is 530 g/mol. The molecule has 1 unspecified atom stereocenters. The second kappa shape index (κ2) is 13.8. The Hall–Kier alpha value is -0.521. The van der Waals surface area contributed by atoms with Crippen LogP contribution in [0.25, 0.3) is 0 Å². The van der Waals surface area contributed by atoms with Crippen LogP contribution < -0.4 is 0 Å². The molecule has 1 fully saturated rings. The normalized spacial score (nSPS) is 18.4. The number of ether oxygens (including phenoxy) is 2. The molecule has 0 radical (unpaired) electrons. The van der Waals surface area contributed by atoms with Crippen molar-refractivity contribution in [2.75, 3.05) is 13.2 Å². The van der Waals surface area contributed by atoms with Crippen molar-refractivity contribution in [1.29, 1.82) is 0 Å². The van der Waals surface area contributed by atoms with E-state index in [0.717, 1.165) is 5.57 Å². The molecule has 174 valence electrons. The molecule has 0 N–H and O–H groups in total. The van der Waals surface area contributed by atoms with Crippen LogP contribution in [0, 0.1) is 11.3 Å². The van der Waals surface area contributed by atoms with E-state index in [1.165, 1.54) is 56.3 Å². The summed E-state index contributed by atoms with van der Waals surface area (Å²) >= 11 is -2.41. The van der Waals surface area contributed by atoms with E-state index in [2.05, 4.69) is 27.4 Å². The van der Waals surface area contributed by atoms with Gasteiger partial charge in [0.15, 0.2) is 0 Å². The van der Waals surface area contributed by atoms with Gasteiger partial charge in [0.25, 0.3) is 0 Å². The number of hydrogen-bond donors (Lipinski definition) is 0. The molecule has 1 rings (SSSR count). The summed E-state index contributed by atoms with van der Waals surface area (Å²) in [6, 6.07) is 0. The van der Waals surface area contributed by atoms with Crippen molar-refractivity contribution >= 4 is 30.3 Å². The molecule has 1 atom stereocenters. The van der Waals surface area contributed by atoms with E-state index in [-0.39, 0.29) is 19.1 Å². The summed E-state index contributed by atoms with van der Waals surface area (Å²) in [5.74, 6) is -0.563. The van der Waals surface area contributed by atoms with Crippen LogP contribution in [0.5, 0.6) is 0 Å². The van der Waals surface area contributed by atoms with Gasteiger partial charge in [-0.3, -0.25) is 0 Å². The summed E-state index contributed by atoms with van der Waals surface area (Å²) in [5.41, 5.74) is -0.104. The summed E-state index contributed by atoms with van der Waals surface area (Å²) < 4.78 is 16.2. The molecule has 1 aliphatic rings. The van der Waals surface area contributed by atoms with Crippen molar-refractivity contribution in [2.45, 2.75) is 104 Å². The molecule has 0 aliphatic heterocycles. The Morgan fingerprint density at radius 1 is 0.900 bits per heavy atom. The maximum atomic E-state index is 12.9. The number of rotatable bonds is 15. The molecule has 0 spiro atoms. The van der Waals surface area contributed by atoms with Gasteiger partial charge < -0.3 is 0 Å². The van der Waals surface area contributed by atoms with E-state index in [1.54, 1.807) is 13.8 Å². The van der Waals surface area contributed by atoms with Gasteiger partial charge in [-0.05, 0) is 0 Å². The molecule has 5 heteroatoms. The summed E-state index contributed by atoms with van der Waals surface area (Å²) in [7, 11) is 0. The number of carbonyl (C=O) groups excluding carboxylic acids is 2. The Morgan fingerprint density at radius 3 is 1.70 bits per heavy atom. The van der Waals surface area contributed by atoms with E-state index in [1.807, 2.05) is 0 Å². The predicted molar refractivity (Wildman–Crippen MR) is 127 cm³/mol. The molecule has 30 heavy (non-hydrogen) atoms. The van der Waals surface area contributed by atoms with Crippen molar-refractivity contribution < 1.29 is 19.1 Å². The van der Waals surface area contributed by atoms with Crippen LogP contribution in [0.1, 0.15) is 86.0 Å². The number of esters is 2. The topological polar surface area (TPSA) is 52.6 Å². The number of unbranched alkanes of at least 4 members (excludes halogenated alkanes) is 3. The number of allylic oxidation sites excluding steroid dienone is 1. The van der Waals surface area contributed by atoms with Crippen LogP contribution in [-0.2, 0) is 19.1 Å². The molecule has 0 aromatic carbocycles. The zero-order valence-electron chi connectivity index (χ0n) is 20.3. The van der Waals surface area contributed by atoms with Crippen LogP contribution in [0.15, 0.2) is 12.2 Å². The summed E-state index contributed by atoms with van der Waals surface area (Å²) in [5, 5.41) is 0. The Bertz CT molecular complexity index is 518. The van der Waals surface area contributed by atoms with Gasteiger partial charge in [0.05, 0.1) is 0 Å². The van der Waals surface area contributed by atoms with Gasteiger partial charge in [0.2, 0.25) is 0 Å². The SMILES string of the molecule is C=C1CC(C(=O)OCC)(C(=O)OCC)CC1[CH2][Sn]([CH2]CCC)([CH2]CCC)[CH2]CCC. The molecular weight excluding hydrogens is 483 g/mol. The third-order valence-corrected chi connectivity index (χ3v) is 22.9. The second-order valence-electron chi connectivity index (χ2n) is 9.27. The van der Waals surface area contributed by atoms with E-state index in [4.69, 9.17) is 9.47 Å². The van der Waals surface area contributed by atoms with Gasteiger partial charge in [-0.1, -0.05) is 0 Å². The van der Waals surface area contributed by atoms with Crippen molar-refractivity contribution in [2.24, 2.45) is 11.3 Å². The fraction of sp³-hybridized carbons (Fsp3) is 0.840. The third-order valence-electron chi connectivity index (χ3n) is 6.89. The van der Waals surface area contributed by atoms with Gasteiger partial charge in [-0.25, -0.2) is 0 Å². The average molecular weight is 529 g/mol. The van der Waals surface area contributed by atoms with Gasteiger partial charge in [-0.15, -0.1) is 0 Å². The first-order valence-corrected chi connectivity index (χ1v) is 20.4. The van der Waals surface area contributed by atoms with Crippen molar-refractivity contribution in [1.82, 2.24) is 0 Å². The molecule has 0 aromatic rings. The number of hydrogen-bond acceptors (Lipinski definition) is 4. The van der Waals surface area contributed by atoms with Gasteiger partial charge in [-0.2, -0.15) is 0 Å². The standard InChI is InChI=1S/C13H19O4.3C4H9.Sn/c1-5-16-11(14)13(12(15)17-6-2)7-9(3)10(4)8-13;3*1-3-4-2;/h9H,3-8H2,1-2H3;3*1,3-4H2,2H3;. The zero-order chi connectivity index (χ0) is 22.6. The molecule has 0 aromatic heterocycles. The fourth-order valence-corrected chi connectivity index (χ4v) is 22.7. The number of carbonyl (C=O) groups is 2. The van der Waals surface area contributed by atoms with Crippen LogP contribution in [0.4, 0.5) is 0 Å². The molecule has 0 amide bonds. The van der Waals surface area contributed by atoms with E-state index in [0.29, 0.717) is 12.8 Å².